The predicted molar refractivity (Wildman–Crippen MR) is 125 cm³/mol. The molecule has 1 unspecified atom stereocenters. The number of sulfonamides is 1. The molecule has 0 fully saturated rings. The van der Waals surface area contributed by atoms with Crippen molar-refractivity contribution in [3.8, 4) is 5.69 Å². The van der Waals surface area contributed by atoms with Crippen molar-refractivity contribution in [3.63, 3.8) is 0 Å². The first kappa shape index (κ1) is 24.2. The van der Waals surface area contributed by atoms with Crippen molar-refractivity contribution >= 4 is 45.0 Å². The van der Waals surface area contributed by atoms with E-state index in [4.69, 9.17) is 11.6 Å². The molecule has 0 aliphatic heterocycles. The summed E-state index contributed by atoms with van der Waals surface area (Å²) in [5, 5.41) is 14.6. The summed E-state index contributed by atoms with van der Waals surface area (Å²) in [5.74, 6) is -0.332. The van der Waals surface area contributed by atoms with Gasteiger partial charge in [0.05, 0.1) is 16.0 Å². The second kappa shape index (κ2) is 9.57. The third-order valence-corrected chi connectivity index (χ3v) is 8.03. The van der Waals surface area contributed by atoms with Crippen LogP contribution in [-0.2, 0) is 14.8 Å². The second-order valence-electron chi connectivity index (χ2n) is 7.30. The molecule has 0 aliphatic rings. The molecule has 0 bridgehead atoms. The van der Waals surface area contributed by atoms with Crippen molar-refractivity contribution in [3.05, 3.63) is 52.5 Å². The van der Waals surface area contributed by atoms with Gasteiger partial charge in [-0.1, -0.05) is 41.6 Å². The predicted octanol–water partition coefficient (Wildman–Crippen LogP) is 3.30. The molecule has 1 amide bonds. The fourth-order valence-electron chi connectivity index (χ4n) is 2.96. The number of carbonyl (C=O) groups is 1. The number of benzene rings is 2. The van der Waals surface area contributed by atoms with E-state index in [1.165, 1.54) is 38.0 Å². The molecule has 170 valence electrons. The lowest BCUT2D eigenvalue weighted by Crippen LogP contribution is -2.24. The average molecular weight is 495 g/mol. The van der Waals surface area contributed by atoms with Gasteiger partial charge in [0.15, 0.2) is 0 Å². The quantitative estimate of drug-likeness (QED) is 0.501. The molecule has 1 heterocycles. The minimum absolute atomic E-state index is 0.0758. The lowest BCUT2D eigenvalue weighted by Gasteiger charge is -2.16. The molecule has 32 heavy (non-hydrogen) atoms. The van der Waals surface area contributed by atoms with E-state index >= 15 is 0 Å². The standard InChI is InChI=1S/C20H23ClN6O3S2/c1-12-7-6-8-13(2)18(12)27-20(23-24-25-27)31-14(3)19(28)22-15-9-10-16(21)17(11-15)32(29,30)26(4)5/h6-11,14H,1-5H3,(H,22,28). The van der Waals surface area contributed by atoms with Crippen molar-refractivity contribution in [2.75, 3.05) is 19.4 Å². The molecule has 0 saturated heterocycles. The number of para-hydroxylation sites is 1. The van der Waals surface area contributed by atoms with Crippen molar-refractivity contribution < 1.29 is 13.2 Å². The van der Waals surface area contributed by atoms with Gasteiger partial charge in [-0.05, 0) is 60.5 Å². The molecule has 0 saturated carbocycles. The summed E-state index contributed by atoms with van der Waals surface area (Å²) in [4.78, 5) is 12.7. The fraction of sp³-hybridized carbons (Fsp3) is 0.300. The number of halogens is 1. The number of rotatable bonds is 7. The van der Waals surface area contributed by atoms with Gasteiger partial charge in [0, 0.05) is 19.8 Å². The van der Waals surface area contributed by atoms with Crippen LogP contribution in [0.1, 0.15) is 18.1 Å². The highest BCUT2D eigenvalue weighted by molar-refractivity contribution is 8.00. The van der Waals surface area contributed by atoms with Crippen LogP contribution in [0.15, 0.2) is 46.5 Å². The maximum atomic E-state index is 12.8. The zero-order chi connectivity index (χ0) is 23.6. The van der Waals surface area contributed by atoms with Gasteiger partial charge in [-0.25, -0.2) is 12.7 Å². The van der Waals surface area contributed by atoms with Crippen LogP contribution < -0.4 is 5.32 Å². The molecule has 1 aromatic heterocycles. The minimum Gasteiger partial charge on any atom is -0.325 e. The Balaban J connectivity index is 1.80. The van der Waals surface area contributed by atoms with Gasteiger partial charge in [0.25, 0.3) is 0 Å². The topological polar surface area (TPSA) is 110 Å². The summed E-state index contributed by atoms with van der Waals surface area (Å²) in [6, 6.07) is 10.2. The van der Waals surface area contributed by atoms with E-state index in [0.29, 0.717) is 10.8 Å². The van der Waals surface area contributed by atoms with E-state index in [9.17, 15) is 13.2 Å². The molecule has 9 nitrogen and oxygen atoms in total. The Morgan fingerprint density at radius 1 is 1.19 bits per heavy atom. The number of hydrogen-bond donors (Lipinski definition) is 1. The Kier molecular flexibility index (Phi) is 7.23. The van der Waals surface area contributed by atoms with Crippen LogP contribution in [0.3, 0.4) is 0 Å². The van der Waals surface area contributed by atoms with Crippen LogP contribution in [0, 0.1) is 13.8 Å². The Morgan fingerprint density at radius 2 is 1.84 bits per heavy atom. The van der Waals surface area contributed by atoms with Crippen molar-refractivity contribution in [2.24, 2.45) is 0 Å². The zero-order valence-corrected chi connectivity index (χ0v) is 20.6. The third-order valence-electron chi connectivity index (χ3n) is 4.70. The smallest absolute Gasteiger partial charge is 0.244 e. The number of hydrogen-bond acceptors (Lipinski definition) is 7. The van der Waals surface area contributed by atoms with Crippen LogP contribution in [0.4, 0.5) is 5.69 Å². The summed E-state index contributed by atoms with van der Waals surface area (Å²) in [6.45, 7) is 5.65. The lowest BCUT2D eigenvalue weighted by atomic mass is 10.1. The first-order valence-electron chi connectivity index (χ1n) is 9.57. The molecule has 1 N–H and O–H groups in total. The van der Waals surface area contributed by atoms with Crippen molar-refractivity contribution in [2.45, 2.75) is 36.1 Å². The highest BCUT2D eigenvalue weighted by Crippen LogP contribution is 2.29. The number of thioether (sulfide) groups is 1. The normalized spacial score (nSPS) is 12.7. The van der Waals surface area contributed by atoms with E-state index in [-0.39, 0.29) is 15.8 Å². The number of nitrogens with zero attached hydrogens (tertiary/aromatic N) is 5. The first-order chi connectivity index (χ1) is 15.0. The van der Waals surface area contributed by atoms with Crippen LogP contribution in [-0.4, -0.2) is 58.2 Å². The van der Waals surface area contributed by atoms with Gasteiger partial charge in [0.2, 0.25) is 21.1 Å². The van der Waals surface area contributed by atoms with E-state index in [0.717, 1.165) is 21.1 Å². The molecular formula is C20H23ClN6O3S2. The largest absolute Gasteiger partial charge is 0.325 e. The molecule has 12 heteroatoms. The summed E-state index contributed by atoms with van der Waals surface area (Å²) in [6.07, 6.45) is 0. The van der Waals surface area contributed by atoms with Gasteiger partial charge in [-0.3, -0.25) is 4.79 Å². The summed E-state index contributed by atoms with van der Waals surface area (Å²) in [5.41, 5.74) is 3.20. The van der Waals surface area contributed by atoms with Gasteiger partial charge in [0.1, 0.15) is 4.90 Å². The molecule has 0 radical (unpaired) electrons. The number of carbonyl (C=O) groups excluding carboxylic acids is 1. The number of amides is 1. The molecule has 0 spiro atoms. The second-order valence-corrected chi connectivity index (χ2v) is 11.1. The molecule has 2 aromatic carbocycles. The van der Waals surface area contributed by atoms with Crippen LogP contribution >= 0.6 is 23.4 Å². The molecule has 1 atom stereocenters. The van der Waals surface area contributed by atoms with E-state index in [1.54, 1.807) is 17.7 Å². The van der Waals surface area contributed by atoms with Crippen LogP contribution in [0.5, 0.6) is 0 Å². The Morgan fingerprint density at radius 3 is 2.47 bits per heavy atom. The van der Waals surface area contributed by atoms with E-state index in [1.807, 2.05) is 32.0 Å². The maximum Gasteiger partial charge on any atom is 0.244 e. The summed E-state index contributed by atoms with van der Waals surface area (Å²) in [7, 11) is -0.931. The molecular weight excluding hydrogens is 472 g/mol. The maximum absolute atomic E-state index is 12.8. The van der Waals surface area contributed by atoms with Crippen LogP contribution in [0.2, 0.25) is 5.02 Å². The Bertz CT molecular complexity index is 1240. The zero-order valence-electron chi connectivity index (χ0n) is 18.2. The average Bonchev–Trinajstić information content (AvgIpc) is 3.16. The summed E-state index contributed by atoms with van der Waals surface area (Å²) >= 11 is 7.27. The van der Waals surface area contributed by atoms with Gasteiger partial charge in [-0.15, -0.1) is 5.10 Å². The number of aromatic nitrogens is 4. The van der Waals surface area contributed by atoms with Gasteiger partial charge in [-0.2, -0.15) is 4.68 Å². The Labute approximate surface area is 196 Å². The number of anilines is 1. The van der Waals surface area contributed by atoms with Crippen molar-refractivity contribution in [1.82, 2.24) is 24.5 Å². The van der Waals surface area contributed by atoms with Gasteiger partial charge >= 0.3 is 0 Å². The molecule has 3 rings (SSSR count). The lowest BCUT2D eigenvalue weighted by molar-refractivity contribution is -0.115. The SMILES string of the molecule is Cc1cccc(C)c1-n1nnnc1SC(C)C(=O)Nc1ccc(Cl)c(S(=O)(=O)N(C)C)c1. The highest BCUT2D eigenvalue weighted by atomic mass is 35.5. The Hall–Kier alpha value is -2.47. The summed E-state index contributed by atoms with van der Waals surface area (Å²) < 4.78 is 27.6. The molecule has 0 aliphatic carbocycles. The van der Waals surface area contributed by atoms with Crippen molar-refractivity contribution in [1.29, 1.82) is 0 Å². The molecule has 3 aromatic rings. The fourth-order valence-corrected chi connectivity index (χ4v) is 5.15. The van der Waals surface area contributed by atoms with Gasteiger partial charge < -0.3 is 5.32 Å². The van der Waals surface area contributed by atoms with E-state index in [2.05, 4.69) is 20.8 Å². The number of tetrazole rings is 1. The first-order valence-corrected chi connectivity index (χ1v) is 12.3. The minimum atomic E-state index is -3.76. The van der Waals surface area contributed by atoms with Crippen LogP contribution in [0.25, 0.3) is 5.69 Å². The van der Waals surface area contributed by atoms with E-state index < -0.39 is 15.3 Å². The highest BCUT2D eigenvalue weighted by Gasteiger charge is 2.24. The third kappa shape index (κ3) is 4.96. The number of nitrogens with one attached hydrogen (secondary N) is 1. The number of aryl methyl sites for hydroxylation is 2. The monoisotopic (exact) mass is 494 g/mol.